The maximum Gasteiger partial charge on any atom is 0.276 e. The number of para-hydroxylation sites is 1. The van der Waals surface area contributed by atoms with E-state index in [1.54, 1.807) is 6.21 Å². The molecule has 130 valence electrons. The Balaban J connectivity index is 1.70. The Morgan fingerprint density at radius 3 is 2.88 bits per heavy atom. The van der Waals surface area contributed by atoms with Crippen LogP contribution in [0.2, 0.25) is 0 Å². The summed E-state index contributed by atoms with van der Waals surface area (Å²) >= 11 is 0. The number of hydrogen-bond acceptors (Lipinski definition) is 3. The van der Waals surface area contributed by atoms with Crippen LogP contribution in [-0.4, -0.2) is 22.4 Å². The molecule has 0 aliphatic carbocycles. The number of aryl methyl sites for hydroxylation is 2. The van der Waals surface area contributed by atoms with Crippen LogP contribution in [0.5, 0.6) is 0 Å². The third-order valence-electron chi connectivity index (χ3n) is 4.53. The first-order chi connectivity index (χ1) is 12.7. The van der Waals surface area contributed by atoms with E-state index < -0.39 is 0 Å². The number of nitrogens with zero attached hydrogens (tertiary/aromatic N) is 3. The van der Waals surface area contributed by atoms with Gasteiger partial charge < -0.3 is 9.88 Å². The molecule has 0 radical (unpaired) electrons. The van der Waals surface area contributed by atoms with Gasteiger partial charge in [0.05, 0.1) is 11.9 Å². The van der Waals surface area contributed by atoms with Crippen LogP contribution >= 0.6 is 0 Å². The number of rotatable bonds is 4. The molecule has 1 N–H and O–H groups in total. The maximum absolute atomic E-state index is 12.2. The summed E-state index contributed by atoms with van der Waals surface area (Å²) < 4.78 is 2.23. The van der Waals surface area contributed by atoms with Crippen LogP contribution in [0.4, 0.5) is 5.69 Å². The van der Waals surface area contributed by atoms with Gasteiger partial charge in [0, 0.05) is 34.8 Å². The molecule has 0 saturated carbocycles. The summed E-state index contributed by atoms with van der Waals surface area (Å²) in [6.07, 6.45) is 4.88. The fourth-order valence-electron chi connectivity index (χ4n) is 3.32. The average molecular weight is 344 g/mol. The number of amides is 1. The van der Waals surface area contributed by atoms with E-state index in [1.165, 1.54) is 5.52 Å². The van der Waals surface area contributed by atoms with Crippen molar-refractivity contribution in [3.05, 3.63) is 65.4 Å². The minimum atomic E-state index is -0.212. The predicted octanol–water partition coefficient (Wildman–Crippen LogP) is 4.14. The molecule has 0 bridgehead atoms. The van der Waals surface area contributed by atoms with Crippen molar-refractivity contribution >= 4 is 34.4 Å². The number of anilines is 1. The third kappa shape index (κ3) is 2.81. The van der Waals surface area contributed by atoms with Crippen LogP contribution in [-0.2, 0) is 11.3 Å². The zero-order chi connectivity index (χ0) is 18.1. The number of hydrogen-bond donors (Lipinski definition) is 1. The second-order valence-corrected chi connectivity index (χ2v) is 6.49. The van der Waals surface area contributed by atoms with E-state index in [9.17, 15) is 4.79 Å². The van der Waals surface area contributed by atoms with Gasteiger partial charge in [0.2, 0.25) is 0 Å². The summed E-state index contributed by atoms with van der Waals surface area (Å²) in [5.41, 5.74) is 5.22. The Labute approximate surface area is 152 Å². The van der Waals surface area contributed by atoms with Gasteiger partial charge in [0.1, 0.15) is 0 Å². The molecule has 0 atom stereocenters. The lowest BCUT2D eigenvalue weighted by Crippen LogP contribution is -2.13. The predicted molar refractivity (Wildman–Crippen MR) is 106 cm³/mol. The van der Waals surface area contributed by atoms with Gasteiger partial charge in [-0.2, -0.15) is 5.10 Å². The summed E-state index contributed by atoms with van der Waals surface area (Å²) in [7, 11) is 0. The summed E-state index contributed by atoms with van der Waals surface area (Å²) in [5, 5.41) is 12.4. The first kappa shape index (κ1) is 16.3. The van der Waals surface area contributed by atoms with Crippen molar-refractivity contribution < 1.29 is 4.79 Å². The molecular formula is C21H20N4O. The van der Waals surface area contributed by atoms with Crippen molar-refractivity contribution in [3.63, 3.8) is 0 Å². The Morgan fingerprint density at radius 1 is 1.19 bits per heavy atom. The van der Waals surface area contributed by atoms with E-state index >= 15 is 0 Å². The molecule has 1 aliphatic rings. The lowest BCUT2D eigenvalue weighted by Gasteiger charge is -2.00. The normalized spacial score (nSPS) is 15.2. The molecule has 4 rings (SSSR count). The van der Waals surface area contributed by atoms with Gasteiger partial charge >= 0.3 is 0 Å². The van der Waals surface area contributed by atoms with E-state index in [0.29, 0.717) is 5.71 Å². The van der Waals surface area contributed by atoms with Gasteiger partial charge in [-0.3, -0.25) is 4.79 Å². The maximum atomic E-state index is 12.2. The zero-order valence-electron chi connectivity index (χ0n) is 14.9. The Morgan fingerprint density at radius 2 is 2.04 bits per heavy atom. The van der Waals surface area contributed by atoms with E-state index in [4.69, 9.17) is 0 Å². The fourth-order valence-corrected chi connectivity index (χ4v) is 3.32. The largest absolute Gasteiger partial charge is 0.347 e. The molecule has 0 spiro atoms. The highest BCUT2D eigenvalue weighted by Gasteiger charge is 2.25. The highest BCUT2D eigenvalue weighted by atomic mass is 16.2. The highest BCUT2D eigenvalue weighted by Crippen LogP contribution is 2.25. The van der Waals surface area contributed by atoms with Gasteiger partial charge in [-0.05, 0) is 31.5 Å². The van der Waals surface area contributed by atoms with Crippen molar-refractivity contribution in [1.29, 1.82) is 0 Å². The molecule has 2 aromatic carbocycles. The molecule has 0 fully saturated rings. The van der Waals surface area contributed by atoms with Crippen LogP contribution in [0.3, 0.4) is 0 Å². The lowest BCUT2D eigenvalue weighted by atomic mass is 10.1. The molecule has 1 aromatic heterocycles. The van der Waals surface area contributed by atoms with Crippen molar-refractivity contribution in [2.24, 2.45) is 10.2 Å². The van der Waals surface area contributed by atoms with Gasteiger partial charge in [0.25, 0.3) is 5.91 Å². The average Bonchev–Trinajstić information content (AvgIpc) is 3.14. The Bertz CT molecular complexity index is 1060. The molecule has 3 aromatic rings. The Kier molecular flexibility index (Phi) is 4.13. The van der Waals surface area contributed by atoms with E-state index in [-0.39, 0.29) is 5.91 Å². The van der Waals surface area contributed by atoms with Gasteiger partial charge in [0.15, 0.2) is 5.71 Å². The zero-order valence-corrected chi connectivity index (χ0v) is 14.9. The molecule has 1 amide bonds. The van der Waals surface area contributed by atoms with Crippen molar-refractivity contribution in [2.75, 3.05) is 5.32 Å². The van der Waals surface area contributed by atoms with Crippen LogP contribution in [0, 0.1) is 6.92 Å². The number of carbonyl (C=O) groups excluding carboxylic acids is 1. The van der Waals surface area contributed by atoms with Crippen LogP contribution < -0.4 is 5.32 Å². The van der Waals surface area contributed by atoms with Crippen LogP contribution in [0.25, 0.3) is 10.9 Å². The molecule has 5 heteroatoms. The molecule has 5 nitrogen and oxygen atoms in total. The molecule has 26 heavy (non-hydrogen) atoms. The van der Waals surface area contributed by atoms with E-state index in [1.807, 2.05) is 37.3 Å². The lowest BCUT2D eigenvalue weighted by molar-refractivity contribution is -0.110. The number of benzene rings is 2. The minimum Gasteiger partial charge on any atom is -0.347 e. The number of aromatic nitrogens is 1. The van der Waals surface area contributed by atoms with Crippen molar-refractivity contribution in [3.8, 4) is 0 Å². The third-order valence-corrected chi connectivity index (χ3v) is 4.53. The SMILES string of the molecule is CCCn1cc(/C=N\N=C2\C(=O)Nc3ccc(C)cc32)c2ccccc21. The van der Waals surface area contributed by atoms with Gasteiger partial charge in [-0.25, -0.2) is 0 Å². The quantitative estimate of drug-likeness (QED) is 0.561. The first-order valence-corrected chi connectivity index (χ1v) is 8.78. The fraction of sp³-hybridized carbons (Fsp3) is 0.190. The Hall–Kier alpha value is -3.21. The minimum absolute atomic E-state index is 0.212. The number of fused-ring (bicyclic) bond motifs is 2. The number of nitrogens with one attached hydrogen (secondary N) is 1. The van der Waals surface area contributed by atoms with Gasteiger partial charge in [-0.15, -0.1) is 5.10 Å². The number of carbonyl (C=O) groups is 1. The molecule has 0 unspecified atom stereocenters. The first-order valence-electron chi connectivity index (χ1n) is 8.78. The summed E-state index contributed by atoms with van der Waals surface area (Å²) in [6.45, 7) is 5.11. The smallest absolute Gasteiger partial charge is 0.276 e. The van der Waals surface area contributed by atoms with E-state index in [0.717, 1.165) is 40.7 Å². The standard InChI is InChI=1S/C21H20N4O/c1-3-10-25-13-15(16-6-4-5-7-19(16)25)12-22-24-20-17-11-14(2)8-9-18(17)23-21(20)26/h4-9,11-13H,3,10H2,1-2H3,(H,23,24,26)/b22-12-. The highest BCUT2D eigenvalue weighted by molar-refractivity contribution is 6.53. The van der Waals surface area contributed by atoms with Crippen LogP contribution in [0.15, 0.2) is 58.9 Å². The van der Waals surface area contributed by atoms with Crippen LogP contribution in [0.1, 0.15) is 30.0 Å². The summed E-state index contributed by atoms with van der Waals surface area (Å²) in [4.78, 5) is 12.2. The topological polar surface area (TPSA) is 58.8 Å². The van der Waals surface area contributed by atoms with Crippen molar-refractivity contribution in [2.45, 2.75) is 26.8 Å². The summed E-state index contributed by atoms with van der Waals surface area (Å²) in [5.74, 6) is -0.212. The molecule has 1 aliphatic heterocycles. The van der Waals surface area contributed by atoms with Gasteiger partial charge in [-0.1, -0.05) is 36.8 Å². The molecular weight excluding hydrogens is 324 g/mol. The second kappa shape index (κ2) is 6.59. The second-order valence-electron chi connectivity index (χ2n) is 6.49. The molecule has 2 heterocycles. The summed E-state index contributed by atoms with van der Waals surface area (Å²) in [6, 6.07) is 14.1. The molecule has 0 saturated heterocycles. The monoisotopic (exact) mass is 344 g/mol. The van der Waals surface area contributed by atoms with E-state index in [2.05, 4.69) is 45.3 Å². The van der Waals surface area contributed by atoms with Crippen molar-refractivity contribution in [1.82, 2.24) is 4.57 Å².